The third-order valence-corrected chi connectivity index (χ3v) is 7.21. The number of fused-ring (bicyclic) bond motifs is 1. The Balaban J connectivity index is 1.32. The van der Waals surface area contributed by atoms with Gasteiger partial charge >= 0.3 is 0 Å². The number of para-hydroxylation sites is 1. The number of amides is 1. The molecule has 3 heterocycles. The van der Waals surface area contributed by atoms with Crippen LogP contribution in [0.15, 0.2) is 54.6 Å². The molecule has 1 aromatic heterocycles. The lowest BCUT2D eigenvalue weighted by molar-refractivity contribution is -0.133. The van der Waals surface area contributed by atoms with Crippen LogP contribution in [0.3, 0.4) is 0 Å². The largest absolute Gasteiger partial charge is 0.352 e. The molecule has 1 saturated heterocycles. The van der Waals surface area contributed by atoms with Gasteiger partial charge in [0.05, 0.1) is 16.8 Å². The van der Waals surface area contributed by atoms with Crippen LogP contribution in [0.1, 0.15) is 40.9 Å². The number of nitrogens with one attached hydrogen (secondary N) is 1. The van der Waals surface area contributed by atoms with E-state index in [1.54, 1.807) is 0 Å². The van der Waals surface area contributed by atoms with E-state index in [0.717, 1.165) is 50.3 Å². The Morgan fingerprint density at radius 1 is 0.968 bits per heavy atom. The molecule has 0 atom stereocenters. The summed E-state index contributed by atoms with van der Waals surface area (Å²) in [6, 6.07) is 18.8. The minimum Gasteiger partial charge on any atom is -0.352 e. The van der Waals surface area contributed by atoms with Gasteiger partial charge in [0.15, 0.2) is 0 Å². The zero-order chi connectivity index (χ0) is 21.4. The fraction of sp³-hybridized carbons (Fsp3) is 0.385. The monoisotopic (exact) mass is 414 g/mol. The summed E-state index contributed by atoms with van der Waals surface area (Å²) in [5.74, 6) is 0.229. The van der Waals surface area contributed by atoms with Crippen molar-refractivity contribution in [3.05, 3.63) is 82.7 Å². The molecule has 1 amide bonds. The molecular formula is C26H30N4O. The number of hydrogen-bond acceptors (Lipinski definition) is 3. The average Bonchev–Trinajstić information content (AvgIpc) is 3.00. The van der Waals surface area contributed by atoms with Crippen molar-refractivity contribution in [3.8, 4) is 5.69 Å². The Labute approximate surface area is 184 Å². The lowest BCUT2D eigenvalue weighted by atomic mass is 9.73. The zero-order valence-corrected chi connectivity index (χ0v) is 18.4. The number of aryl methyl sites for hydroxylation is 1. The Kier molecular flexibility index (Phi) is 5.14. The first-order chi connectivity index (χ1) is 15.1. The highest BCUT2D eigenvalue weighted by Gasteiger charge is 2.43. The van der Waals surface area contributed by atoms with Crippen LogP contribution in [0, 0.1) is 19.3 Å². The maximum atomic E-state index is 13.1. The number of piperidine rings is 1. The lowest BCUT2D eigenvalue weighted by Gasteiger charge is -2.40. The number of rotatable bonds is 3. The number of benzene rings is 2. The lowest BCUT2D eigenvalue weighted by Crippen LogP contribution is -2.48. The van der Waals surface area contributed by atoms with E-state index in [1.165, 1.54) is 22.4 Å². The van der Waals surface area contributed by atoms with Crippen LogP contribution < -0.4 is 5.32 Å². The Morgan fingerprint density at radius 2 is 1.65 bits per heavy atom. The second-order valence-electron chi connectivity index (χ2n) is 9.08. The van der Waals surface area contributed by atoms with E-state index in [-0.39, 0.29) is 11.3 Å². The molecule has 31 heavy (non-hydrogen) atoms. The van der Waals surface area contributed by atoms with E-state index in [1.807, 2.05) is 22.9 Å². The van der Waals surface area contributed by atoms with Crippen molar-refractivity contribution < 1.29 is 4.79 Å². The highest BCUT2D eigenvalue weighted by Crippen LogP contribution is 2.38. The van der Waals surface area contributed by atoms with Gasteiger partial charge in [0.2, 0.25) is 5.91 Å². The van der Waals surface area contributed by atoms with E-state index in [0.29, 0.717) is 6.54 Å². The first-order valence-corrected chi connectivity index (χ1v) is 11.2. The summed E-state index contributed by atoms with van der Waals surface area (Å²) >= 11 is 0. The summed E-state index contributed by atoms with van der Waals surface area (Å²) in [7, 11) is 0. The molecule has 3 aromatic rings. The second kappa shape index (κ2) is 7.97. The molecule has 0 aliphatic carbocycles. The summed E-state index contributed by atoms with van der Waals surface area (Å²) in [4.78, 5) is 15.5. The molecule has 2 aromatic carbocycles. The first kappa shape index (κ1) is 20.0. The van der Waals surface area contributed by atoms with Crippen LogP contribution in [0.2, 0.25) is 0 Å². The van der Waals surface area contributed by atoms with Gasteiger partial charge in [-0.25, -0.2) is 4.68 Å². The van der Waals surface area contributed by atoms with Gasteiger partial charge in [-0.2, -0.15) is 5.10 Å². The summed E-state index contributed by atoms with van der Waals surface area (Å²) in [6.45, 7) is 7.67. The predicted molar refractivity (Wildman–Crippen MR) is 122 cm³/mol. The molecule has 5 nitrogen and oxygen atoms in total. The quantitative estimate of drug-likeness (QED) is 0.706. The fourth-order valence-electron chi connectivity index (χ4n) is 5.20. The summed E-state index contributed by atoms with van der Waals surface area (Å²) in [5, 5.41) is 8.00. The molecule has 1 spiro atoms. The highest BCUT2D eigenvalue weighted by molar-refractivity contribution is 5.84. The topological polar surface area (TPSA) is 50.2 Å². The average molecular weight is 415 g/mol. The molecule has 5 rings (SSSR count). The SMILES string of the molecule is Cc1nn(-c2ccccc2)c(C)c1CN1CCC2(CC1)Cc1ccccc1CNC2=O. The molecule has 2 aliphatic heterocycles. The van der Waals surface area contributed by atoms with Crippen molar-refractivity contribution in [3.63, 3.8) is 0 Å². The van der Waals surface area contributed by atoms with E-state index in [2.05, 4.69) is 60.5 Å². The zero-order valence-electron chi connectivity index (χ0n) is 18.4. The van der Waals surface area contributed by atoms with Gasteiger partial charge in [-0.3, -0.25) is 9.69 Å². The summed E-state index contributed by atoms with van der Waals surface area (Å²) < 4.78 is 2.05. The van der Waals surface area contributed by atoms with Gasteiger partial charge in [0, 0.05) is 24.3 Å². The van der Waals surface area contributed by atoms with Crippen molar-refractivity contribution in [1.29, 1.82) is 0 Å². The van der Waals surface area contributed by atoms with Crippen LogP contribution in [0.4, 0.5) is 0 Å². The van der Waals surface area contributed by atoms with E-state index < -0.39 is 0 Å². The fourth-order valence-corrected chi connectivity index (χ4v) is 5.20. The molecule has 160 valence electrons. The van der Waals surface area contributed by atoms with Gasteiger partial charge in [-0.05, 0) is 69.5 Å². The Bertz CT molecular complexity index is 1090. The standard InChI is InChI=1S/C26H30N4O/c1-19-24(20(2)30(28-19)23-10-4-3-5-11-23)18-29-14-12-26(13-15-29)16-21-8-6-7-9-22(21)17-27-25(26)31/h3-11H,12-18H2,1-2H3,(H,27,31). The number of aromatic nitrogens is 2. The normalized spacial score (nSPS) is 18.5. The number of carbonyl (C=O) groups excluding carboxylic acids is 1. The smallest absolute Gasteiger partial charge is 0.226 e. The molecule has 0 bridgehead atoms. The molecule has 0 radical (unpaired) electrons. The summed E-state index contributed by atoms with van der Waals surface area (Å²) in [6.07, 6.45) is 2.66. The molecule has 0 unspecified atom stereocenters. The van der Waals surface area contributed by atoms with Crippen LogP contribution in [-0.2, 0) is 24.3 Å². The van der Waals surface area contributed by atoms with Crippen molar-refractivity contribution in [2.75, 3.05) is 13.1 Å². The minimum absolute atomic E-state index is 0.229. The maximum absolute atomic E-state index is 13.1. The van der Waals surface area contributed by atoms with Gasteiger partial charge in [0.1, 0.15) is 0 Å². The van der Waals surface area contributed by atoms with E-state index >= 15 is 0 Å². The van der Waals surface area contributed by atoms with Crippen LogP contribution in [-0.4, -0.2) is 33.7 Å². The molecule has 1 N–H and O–H groups in total. The number of carbonyl (C=O) groups is 1. The Morgan fingerprint density at radius 3 is 2.39 bits per heavy atom. The van der Waals surface area contributed by atoms with Crippen LogP contribution >= 0.6 is 0 Å². The highest BCUT2D eigenvalue weighted by atomic mass is 16.2. The first-order valence-electron chi connectivity index (χ1n) is 11.2. The molecule has 1 fully saturated rings. The molecule has 2 aliphatic rings. The third-order valence-electron chi connectivity index (χ3n) is 7.21. The maximum Gasteiger partial charge on any atom is 0.226 e. The second-order valence-corrected chi connectivity index (χ2v) is 9.08. The molecule has 0 saturated carbocycles. The van der Waals surface area contributed by atoms with Gasteiger partial charge in [-0.1, -0.05) is 42.5 Å². The molecular weight excluding hydrogens is 384 g/mol. The number of hydrogen-bond donors (Lipinski definition) is 1. The van der Waals surface area contributed by atoms with E-state index in [9.17, 15) is 4.79 Å². The van der Waals surface area contributed by atoms with Gasteiger partial charge in [0.25, 0.3) is 0 Å². The Hall–Kier alpha value is -2.92. The molecule has 5 heteroatoms. The number of likely N-dealkylation sites (tertiary alicyclic amines) is 1. The van der Waals surface area contributed by atoms with Crippen molar-refractivity contribution in [2.45, 2.75) is 46.2 Å². The van der Waals surface area contributed by atoms with E-state index in [4.69, 9.17) is 5.10 Å². The summed E-state index contributed by atoms with van der Waals surface area (Å²) in [5.41, 5.74) is 6.99. The number of nitrogens with zero attached hydrogens (tertiary/aromatic N) is 3. The van der Waals surface area contributed by atoms with Gasteiger partial charge in [-0.15, -0.1) is 0 Å². The van der Waals surface area contributed by atoms with Crippen molar-refractivity contribution in [1.82, 2.24) is 20.0 Å². The predicted octanol–water partition coefficient (Wildman–Crippen LogP) is 3.94. The van der Waals surface area contributed by atoms with Gasteiger partial charge < -0.3 is 5.32 Å². The van der Waals surface area contributed by atoms with Crippen molar-refractivity contribution in [2.24, 2.45) is 5.41 Å². The van der Waals surface area contributed by atoms with Crippen LogP contribution in [0.5, 0.6) is 0 Å². The third kappa shape index (κ3) is 3.68. The minimum atomic E-state index is -0.276. The van der Waals surface area contributed by atoms with Crippen LogP contribution in [0.25, 0.3) is 5.69 Å². The van der Waals surface area contributed by atoms with Crippen molar-refractivity contribution >= 4 is 5.91 Å².